The van der Waals surface area contributed by atoms with Crippen molar-refractivity contribution in [1.82, 2.24) is 9.47 Å². The van der Waals surface area contributed by atoms with Crippen molar-refractivity contribution in [2.45, 2.75) is 38.1 Å². The van der Waals surface area contributed by atoms with E-state index in [0.29, 0.717) is 29.9 Å². The van der Waals surface area contributed by atoms with Gasteiger partial charge in [-0.2, -0.15) is 0 Å². The lowest BCUT2D eigenvalue weighted by Gasteiger charge is -2.30. The van der Waals surface area contributed by atoms with Gasteiger partial charge in [0.25, 0.3) is 0 Å². The summed E-state index contributed by atoms with van der Waals surface area (Å²) in [6.07, 6.45) is 3.34. The van der Waals surface area contributed by atoms with Crippen molar-refractivity contribution in [2.24, 2.45) is 5.92 Å². The fraction of sp³-hybridized carbons (Fsp3) is 0.370. The van der Waals surface area contributed by atoms with Gasteiger partial charge in [0, 0.05) is 30.2 Å². The minimum atomic E-state index is -4.07. The van der Waals surface area contributed by atoms with Crippen LogP contribution in [0.2, 0.25) is 0 Å². The molecule has 1 aliphatic rings. The molecule has 0 spiro atoms. The van der Waals surface area contributed by atoms with Crippen molar-refractivity contribution in [2.75, 3.05) is 30.8 Å². The maximum Gasteiger partial charge on any atom is 0.340 e. The molecule has 2 aromatic carbocycles. The number of hydrogen-bond acceptors (Lipinski definition) is 6. The first-order valence-corrected chi connectivity index (χ1v) is 14.0. The van der Waals surface area contributed by atoms with Crippen LogP contribution in [-0.4, -0.2) is 61.1 Å². The van der Waals surface area contributed by atoms with E-state index in [2.05, 4.69) is 12.2 Å². The van der Waals surface area contributed by atoms with Gasteiger partial charge in [0.2, 0.25) is 11.8 Å². The zero-order valence-corrected chi connectivity index (χ0v) is 21.8. The van der Waals surface area contributed by atoms with E-state index in [1.54, 1.807) is 47.9 Å². The predicted octanol–water partition coefficient (Wildman–Crippen LogP) is 3.49. The van der Waals surface area contributed by atoms with E-state index in [1.165, 1.54) is 18.3 Å². The zero-order chi connectivity index (χ0) is 26.6. The summed E-state index contributed by atoms with van der Waals surface area (Å²) in [7, 11) is -4.07. The van der Waals surface area contributed by atoms with Crippen LogP contribution in [0, 0.1) is 5.92 Å². The smallest absolute Gasteiger partial charge is 0.340 e. The molecule has 1 saturated heterocycles. The largest absolute Gasteiger partial charge is 0.462 e. The number of benzene rings is 2. The van der Waals surface area contributed by atoms with Gasteiger partial charge in [-0.15, -0.1) is 0 Å². The Morgan fingerprint density at radius 2 is 1.70 bits per heavy atom. The van der Waals surface area contributed by atoms with Crippen LogP contribution in [0.4, 0.5) is 5.69 Å². The number of esters is 1. The highest BCUT2D eigenvalue weighted by Gasteiger charge is 2.27. The van der Waals surface area contributed by atoms with Gasteiger partial charge < -0.3 is 19.5 Å². The number of anilines is 1. The summed E-state index contributed by atoms with van der Waals surface area (Å²) in [6, 6.07) is 13.2. The molecule has 37 heavy (non-hydrogen) atoms. The third-order valence-corrected chi connectivity index (χ3v) is 8.18. The Balaban J connectivity index is 1.55. The molecular formula is C27H31N3O6S. The van der Waals surface area contributed by atoms with Gasteiger partial charge in [0.15, 0.2) is 9.84 Å². The number of rotatable bonds is 8. The zero-order valence-electron chi connectivity index (χ0n) is 21.0. The quantitative estimate of drug-likeness (QED) is 0.450. The van der Waals surface area contributed by atoms with Gasteiger partial charge in [0.05, 0.1) is 22.8 Å². The van der Waals surface area contributed by atoms with Crippen LogP contribution in [-0.2, 0) is 30.7 Å². The molecule has 1 N–H and O–H groups in total. The Hall–Kier alpha value is -3.66. The number of ether oxygens (including phenoxy) is 1. The number of nitrogens with one attached hydrogen (secondary N) is 1. The van der Waals surface area contributed by atoms with Crippen molar-refractivity contribution >= 4 is 44.2 Å². The van der Waals surface area contributed by atoms with E-state index in [4.69, 9.17) is 4.74 Å². The molecular weight excluding hydrogens is 494 g/mol. The van der Waals surface area contributed by atoms with Crippen LogP contribution in [0.5, 0.6) is 0 Å². The number of nitrogens with zero attached hydrogens (tertiary/aromatic N) is 2. The summed E-state index contributed by atoms with van der Waals surface area (Å²) < 4.78 is 33.3. The number of hydrogen-bond donors (Lipinski definition) is 1. The predicted molar refractivity (Wildman–Crippen MR) is 140 cm³/mol. The molecule has 0 radical (unpaired) electrons. The van der Waals surface area contributed by atoms with Gasteiger partial charge in [-0.3, -0.25) is 9.59 Å². The highest BCUT2D eigenvalue weighted by atomic mass is 32.2. The summed E-state index contributed by atoms with van der Waals surface area (Å²) >= 11 is 0. The number of piperidine rings is 1. The molecule has 0 bridgehead atoms. The second-order valence-corrected chi connectivity index (χ2v) is 11.2. The molecule has 0 unspecified atom stereocenters. The lowest BCUT2D eigenvalue weighted by Crippen LogP contribution is -2.39. The van der Waals surface area contributed by atoms with Crippen LogP contribution in [0.15, 0.2) is 59.6 Å². The molecule has 196 valence electrons. The van der Waals surface area contributed by atoms with E-state index in [-0.39, 0.29) is 35.2 Å². The Kier molecular flexibility index (Phi) is 7.97. The molecule has 0 saturated carbocycles. The van der Waals surface area contributed by atoms with Crippen LogP contribution >= 0.6 is 0 Å². The van der Waals surface area contributed by atoms with E-state index < -0.39 is 27.5 Å². The Morgan fingerprint density at radius 3 is 2.43 bits per heavy atom. The van der Waals surface area contributed by atoms with Crippen LogP contribution < -0.4 is 5.32 Å². The lowest BCUT2D eigenvalue weighted by atomic mass is 9.99. The molecule has 9 nitrogen and oxygen atoms in total. The van der Waals surface area contributed by atoms with E-state index >= 15 is 0 Å². The molecule has 1 aliphatic heterocycles. The molecule has 0 atom stereocenters. The minimum absolute atomic E-state index is 0.0167. The molecule has 2 heterocycles. The SMILES string of the molecule is CCOC(=O)c1ccccc1NC(=O)CS(=O)(=O)c1cn(CC(=O)N2CCC(C)CC2)c2ccccc12. The second kappa shape index (κ2) is 11.2. The molecule has 3 aromatic rings. The monoisotopic (exact) mass is 525 g/mol. The first-order valence-electron chi connectivity index (χ1n) is 12.3. The van der Waals surface area contributed by atoms with E-state index in [1.807, 2.05) is 4.90 Å². The van der Waals surface area contributed by atoms with Gasteiger partial charge in [0.1, 0.15) is 12.3 Å². The highest BCUT2D eigenvalue weighted by molar-refractivity contribution is 7.92. The van der Waals surface area contributed by atoms with Crippen molar-refractivity contribution in [3.63, 3.8) is 0 Å². The highest BCUT2D eigenvalue weighted by Crippen LogP contribution is 2.27. The average Bonchev–Trinajstić information content (AvgIpc) is 3.24. The number of likely N-dealkylation sites (tertiary alicyclic amines) is 1. The molecule has 2 amide bonds. The summed E-state index contributed by atoms with van der Waals surface area (Å²) in [5, 5.41) is 2.97. The molecule has 4 rings (SSSR count). The summed E-state index contributed by atoms with van der Waals surface area (Å²) in [5.74, 6) is -1.70. The standard InChI is InChI=1S/C27H31N3O6S/c1-3-36-27(33)20-8-4-6-10-22(20)28-25(31)18-37(34,35)24-16-30(23-11-7-5-9-21(23)24)17-26(32)29-14-12-19(2)13-15-29/h4-11,16,19H,3,12-15,17-18H2,1-2H3,(H,28,31). The molecule has 1 fully saturated rings. The van der Waals surface area contributed by atoms with Crippen LogP contribution in [0.25, 0.3) is 10.9 Å². The van der Waals surface area contributed by atoms with E-state index in [9.17, 15) is 22.8 Å². The summed E-state index contributed by atoms with van der Waals surface area (Å²) in [4.78, 5) is 39.7. The summed E-state index contributed by atoms with van der Waals surface area (Å²) in [6.45, 7) is 5.41. The average molecular weight is 526 g/mol. The fourth-order valence-electron chi connectivity index (χ4n) is 4.51. The Morgan fingerprint density at radius 1 is 1.03 bits per heavy atom. The first-order chi connectivity index (χ1) is 17.7. The maximum absolute atomic E-state index is 13.3. The molecule has 0 aliphatic carbocycles. The number of aromatic nitrogens is 1. The van der Waals surface area contributed by atoms with Gasteiger partial charge in [-0.05, 0) is 43.9 Å². The number of para-hydroxylation sites is 2. The first kappa shape index (κ1) is 26.4. The van der Waals surface area contributed by atoms with Crippen LogP contribution in [0.1, 0.15) is 37.0 Å². The Bertz CT molecular complexity index is 1420. The molecule has 1 aromatic heterocycles. The van der Waals surface area contributed by atoms with Crippen LogP contribution in [0.3, 0.4) is 0 Å². The van der Waals surface area contributed by atoms with Crippen molar-refractivity contribution in [3.05, 3.63) is 60.3 Å². The Labute approximate surface area is 216 Å². The lowest BCUT2D eigenvalue weighted by molar-refractivity contribution is -0.133. The van der Waals surface area contributed by atoms with E-state index in [0.717, 1.165) is 12.8 Å². The number of carbonyl (C=O) groups excluding carboxylic acids is 3. The maximum atomic E-state index is 13.3. The number of fused-ring (bicyclic) bond motifs is 1. The topological polar surface area (TPSA) is 115 Å². The third-order valence-electron chi connectivity index (χ3n) is 6.55. The fourth-order valence-corrected chi connectivity index (χ4v) is 5.88. The van der Waals surface area contributed by atoms with Gasteiger partial charge >= 0.3 is 5.97 Å². The van der Waals surface area contributed by atoms with Gasteiger partial charge in [-0.1, -0.05) is 37.3 Å². The third kappa shape index (κ3) is 6.02. The van der Waals surface area contributed by atoms with Crippen molar-refractivity contribution in [3.8, 4) is 0 Å². The number of sulfone groups is 1. The number of carbonyl (C=O) groups is 3. The number of amides is 2. The summed E-state index contributed by atoms with van der Waals surface area (Å²) in [5.41, 5.74) is 0.912. The minimum Gasteiger partial charge on any atom is -0.462 e. The molecule has 10 heteroatoms. The van der Waals surface area contributed by atoms with Crippen molar-refractivity contribution in [1.29, 1.82) is 0 Å². The second-order valence-electron chi connectivity index (χ2n) is 9.28. The van der Waals surface area contributed by atoms with Gasteiger partial charge in [-0.25, -0.2) is 13.2 Å². The van der Waals surface area contributed by atoms with Crippen molar-refractivity contribution < 1.29 is 27.5 Å². The normalized spacial score (nSPS) is 14.5.